The molecule has 1 heterocycles. The Kier molecular flexibility index (Phi) is 6.14. The lowest BCUT2D eigenvalue weighted by Gasteiger charge is -2.23. The van der Waals surface area contributed by atoms with Crippen molar-refractivity contribution in [2.24, 2.45) is 0 Å². The van der Waals surface area contributed by atoms with Gasteiger partial charge in [0.2, 0.25) is 0 Å². The summed E-state index contributed by atoms with van der Waals surface area (Å²) in [5.74, 6) is -0.399. The smallest absolute Gasteiger partial charge is 0.408 e. The van der Waals surface area contributed by atoms with Gasteiger partial charge in [0.05, 0.1) is 24.8 Å². The molecule has 1 aromatic rings. The van der Waals surface area contributed by atoms with Gasteiger partial charge in [-0.1, -0.05) is 6.07 Å². The molecule has 21 heavy (non-hydrogen) atoms. The Morgan fingerprint density at radius 1 is 1.33 bits per heavy atom. The van der Waals surface area contributed by atoms with Gasteiger partial charge in [-0.3, -0.25) is 9.78 Å². The Balaban J connectivity index is 2.78. The molecule has 1 atom stereocenters. The average Bonchev–Trinajstić information content (AvgIpc) is 2.37. The van der Waals surface area contributed by atoms with Gasteiger partial charge in [-0.15, -0.1) is 0 Å². The van der Waals surface area contributed by atoms with Crippen molar-refractivity contribution >= 4 is 12.1 Å². The van der Waals surface area contributed by atoms with Gasteiger partial charge in [0.25, 0.3) is 0 Å². The van der Waals surface area contributed by atoms with Crippen LogP contribution < -0.4 is 5.32 Å². The van der Waals surface area contributed by atoms with Crippen molar-refractivity contribution in [2.45, 2.75) is 45.8 Å². The molecule has 1 N–H and O–H groups in total. The summed E-state index contributed by atoms with van der Waals surface area (Å²) in [5, 5.41) is 2.65. The van der Waals surface area contributed by atoms with E-state index in [1.165, 1.54) is 0 Å². The van der Waals surface area contributed by atoms with Crippen LogP contribution in [0.3, 0.4) is 0 Å². The number of hydrogen-bond donors (Lipinski definition) is 1. The molecule has 0 aliphatic heterocycles. The van der Waals surface area contributed by atoms with E-state index in [-0.39, 0.29) is 6.42 Å². The van der Waals surface area contributed by atoms with Crippen LogP contribution >= 0.6 is 0 Å². The molecular weight excluding hydrogens is 272 g/mol. The first-order valence-corrected chi connectivity index (χ1v) is 6.88. The highest BCUT2D eigenvalue weighted by molar-refractivity contribution is 5.73. The number of alkyl carbamates (subject to hydrolysis) is 1. The third kappa shape index (κ3) is 6.74. The molecule has 1 rings (SSSR count). The van der Waals surface area contributed by atoms with E-state index in [1.807, 2.05) is 0 Å². The Hall–Kier alpha value is -2.11. The van der Waals surface area contributed by atoms with Crippen molar-refractivity contribution in [1.29, 1.82) is 0 Å². The first kappa shape index (κ1) is 16.9. The maximum Gasteiger partial charge on any atom is 0.408 e. The van der Waals surface area contributed by atoms with E-state index in [1.54, 1.807) is 52.1 Å². The molecule has 6 nitrogen and oxygen atoms in total. The van der Waals surface area contributed by atoms with Crippen molar-refractivity contribution < 1.29 is 19.1 Å². The quantitative estimate of drug-likeness (QED) is 0.845. The molecule has 0 radical (unpaired) electrons. The molecule has 116 valence electrons. The maximum atomic E-state index is 11.9. The molecule has 6 heteroatoms. The van der Waals surface area contributed by atoms with Crippen molar-refractivity contribution in [1.82, 2.24) is 10.3 Å². The largest absolute Gasteiger partial charge is 0.466 e. The molecule has 1 unspecified atom stereocenters. The zero-order valence-electron chi connectivity index (χ0n) is 12.9. The number of aromatic nitrogens is 1. The van der Waals surface area contributed by atoms with E-state index in [4.69, 9.17) is 9.47 Å². The SMILES string of the molecule is CCOC(=O)CC(NC(=O)OC(C)(C)C)c1ccccn1. The maximum absolute atomic E-state index is 11.9. The van der Waals surface area contributed by atoms with Gasteiger partial charge in [-0.25, -0.2) is 4.79 Å². The number of esters is 1. The number of hydrogen-bond acceptors (Lipinski definition) is 5. The predicted molar refractivity (Wildman–Crippen MR) is 77.6 cm³/mol. The first-order valence-electron chi connectivity index (χ1n) is 6.88. The number of carbonyl (C=O) groups excluding carboxylic acids is 2. The second-order valence-corrected chi connectivity index (χ2v) is 5.46. The fourth-order valence-electron chi connectivity index (χ4n) is 1.65. The summed E-state index contributed by atoms with van der Waals surface area (Å²) in [6.07, 6.45) is 1.01. The summed E-state index contributed by atoms with van der Waals surface area (Å²) >= 11 is 0. The third-order valence-electron chi connectivity index (χ3n) is 2.41. The molecule has 0 spiro atoms. The summed E-state index contributed by atoms with van der Waals surface area (Å²) < 4.78 is 10.1. The van der Waals surface area contributed by atoms with E-state index in [0.717, 1.165) is 0 Å². The zero-order valence-corrected chi connectivity index (χ0v) is 12.9. The predicted octanol–water partition coefficient (Wildman–Crippen LogP) is 2.60. The third-order valence-corrected chi connectivity index (χ3v) is 2.41. The minimum Gasteiger partial charge on any atom is -0.466 e. The Bertz CT molecular complexity index is 468. The molecule has 0 fully saturated rings. The molecule has 0 aliphatic carbocycles. The van der Waals surface area contributed by atoms with Crippen LogP contribution in [0.2, 0.25) is 0 Å². The summed E-state index contributed by atoms with van der Waals surface area (Å²) in [4.78, 5) is 27.7. The highest BCUT2D eigenvalue weighted by Gasteiger charge is 2.23. The van der Waals surface area contributed by atoms with Crippen LogP contribution in [-0.4, -0.2) is 29.3 Å². The Morgan fingerprint density at radius 2 is 2.05 bits per heavy atom. The molecule has 0 saturated carbocycles. The van der Waals surface area contributed by atoms with Crippen LogP contribution in [-0.2, 0) is 14.3 Å². The topological polar surface area (TPSA) is 77.5 Å². The van der Waals surface area contributed by atoms with Crippen LogP contribution in [0.15, 0.2) is 24.4 Å². The monoisotopic (exact) mass is 294 g/mol. The second kappa shape index (κ2) is 7.61. The summed E-state index contributed by atoms with van der Waals surface area (Å²) in [7, 11) is 0. The minimum atomic E-state index is -0.608. The average molecular weight is 294 g/mol. The van der Waals surface area contributed by atoms with Gasteiger partial charge in [-0.2, -0.15) is 0 Å². The lowest BCUT2D eigenvalue weighted by atomic mass is 10.1. The fourth-order valence-corrected chi connectivity index (χ4v) is 1.65. The highest BCUT2D eigenvalue weighted by atomic mass is 16.6. The Labute approximate surface area is 124 Å². The van der Waals surface area contributed by atoms with Crippen molar-refractivity contribution in [3.63, 3.8) is 0 Å². The standard InChI is InChI=1S/C15H22N2O4/c1-5-20-13(18)10-12(11-8-6-7-9-16-11)17-14(19)21-15(2,3)4/h6-9,12H,5,10H2,1-4H3,(H,17,19). The van der Waals surface area contributed by atoms with Crippen molar-refractivity contribution in [2.75, 3.05) is 6.61 Å². The van der Waals surface area contributed by atoms with Crippen molar-refractivity contribution in [3.8, 4) is 0 Å². The summed E-state index contributed by atoms with van der Waals surface area (Å²) in [6.45, 7) is 7.34. The van der Waals surface area contributed by atoms with Gasteiger partial charge in [0.1, 0.15) is 5.60 Å². The van der Waals surface area contributed by atoms with Crippen LogP contribution in [0.1, 0.15) is 45.9 Å². The van der Waals surface area contributed by atoms with E-state index >= 15 is 0 Å². The number of nitrogens with zero attached hydrogens (tertiary/aromatic N) is 1. The highest BCUT2D eigenvalue weighted by Crippen LogP contribution is 2.16. The molecule has 0 aromatic carbocycles. The molecule has 0 saturated heterocycles. The van der Waals surface area contributed by atoms with Crippen LogP contribution in [0.4, 0.5) is 4.79 Å². The van der Waals surface area contributed by atoms with Crippen molar-refractivity contribution in [3.05, 3.63) is 30.1 Å². The van der Waals surface area contributed by atoms with Crippen LogP contribution in [0, 0.1) is 0 Å². The number of carbonyl (C=O) groups is 2. The normalized spacial score (nSPS) is 12.4. The van der Waals surface area contributed by atoms with E-state index in [2.05, 4.69) is 10.3 Å². The summed E-state index contributed by atoms with van der Waals surface area (Å²) in [6, 6.07) is 4.71. The first-order chi connectivity index (χ1) is 9.81. The summed E-state index contributed by atoms with van der Waals surface area (Å²) in [5.41, 5.74) is -0.0284. The van der Waals surface area contributed by atoms with Gasteiger partial charge in [-0.05, 0) is 39.8 Å². The molecule has 1 amide bonds. The fraction of sp³-hybridized carbons (Fsp3) is 0.533. The van der Waals surface area contributed by atoms with Crippen LogP contribution in [0.5, 0.6) is 0 Å². The van der Waals surface area contributed by atoms with Gasteiger partial charge < -0.3 is 14.8 Å². The Morgan fingerprint density at radius 3 is 2.57 bits per heavy atom. The van der Waals surface area contributed by atoms with Crippen LogP contribution in [0.25, 0.3) is 0 Å². The van der Waals surface area contributed by atoms with Gasteiger partial charge >= 0.3 is 12.1 Å². The second-order valence-electron chi connectivity index (χ2n) is 5.46. The number of amides is 1. The molecule has 0 aliphatic rings. The number of pyridine rings is 1. The zero-order chi connectivity index (χ0) is 15.9. The van der Waals surface area contributed by atoms with E-state index in [0.29, 0.717) is 12.3 Å². The molecule has 0 bridgehead atoms. The lowest BCUT2D eigenvalue weighted by molar-refractivity contribution is -0.143. The van der Waals surface area contributed by atoms with Gasteiger partial charge in [0, 0.05) is 6.20 Å². The molecular formula is C15H22N2O4. The van der Waals surface area contributed by atoms with E-state index < -0.39 is 23.7 Å². The van der Waals surface area contributed by atoms with Gasteiger partial charge in [0.15, 0.2) is 0 Å². The lowest BCUT2D eigenvalue weighted by Crippen LogP contribution is -2.36. The number of rotatable bonds is 5. The number of ether oxygens (including phenoxy) is 2. The molecule has 1 aromatic heterocycles. The van der Waals surface area contributed by atoms with E-state index in [9.17, 15) is 9.59 Å². The number of nitrogens with one attached hydrogen (secondary N) is 1. The minimum absolute atomic E-state index is 0.00406.